The predicted octanol–water partition coefficient (Wildman–Crippen LogP) is 4.22. The summed E-state index contributed by atoms with van der Waals surface area (Å²) in [6.45, 7) is 3.72. The number of hydrogen-bond acceptors (Lipinski definition) is 4. The number of fused-ring (bicyclic) bond motifs is 1. The van der Waals surface area contributed by atoms with E-state index >= 15 is 0 Å². The van der Waals surface area contributed by atoms with E-state index in [2.05, 4.69) is 10.3 Å². The van der Waals surface area contributed by atoms with E-state index in [1.165, 1.54) is 31.4 Å². The molecular weight excluding hydrogens is 412 g/mol. The maximum atomic E-state index is 15.0. The first kappa shape index (κ1) is 21.5. The smallest absolute Gasteiger partial charge is 0.267 e. The molecule has 5 rings (SSSR count). The normalized spacial score (nSPS) is 25.8. The molecule has 2 aromatic rings. The molecule has 3 aliphatic rings. The Morgan fingerprint density at radius 1 is 1.22 bits per heavy atom. The SMILES string of the molecule is Cc1c(C(N)=O)nc2c(c1-c1ccc(F)cc1F)C(C1CCOC(C3CCC3)C1)CNC2. The Labute approximate surface area is 186 Å². The van der Waals surface area contributed by atoms with Gasteiger partial charge in [0.1, 0.15) is 17.3 Å². The van der Waals surface area contributed by atoms with Gasteiger partial charge in [-0.1, -0.05) is 6.42 Å². The molecule has 3 atom stereocenters. The quantitative estimate of drug-likeness (QED) is 0.745. The number of nitrogens with one attached hydrogen (secondary N) is 1. The lowest BCUT2D eigenvalue weighted by molar-refractivity contribution is -0.0658. The summed E-state index contributed by atoms with van der Waals surface area (Å²) in [6.07, 6.45) is 5.90. The Balaban J connectivity index is 1.63. The summed E-state index contributed by atoms with van der Waals surface area (Å²) in [7, 11) is 0. The lowest BCUT2D eigenvalue weighted by atomic mass is 9.70. The summed E-state index contributed by atoms with van der Waals surface area (Å²) in [5, 5.41) is 3.44. The second-order valence-electron chi connectivity index (χ2n) is 9.43. The van der Waals surface area contributed by atoms with Crippen LogP contribution >= 0.6 is 0 Å². The minimum Gasteiger partial charge on any atom is -0.378 e. The summed E-state index contributed by atoms with van der Waals surface area (Å²) in [4.78, 5) is 16.7. The maximum absolute atomic E-state index is 15.0. The molecule has 2 fully saturated rings. The molecule has 1 amide bonds. The minimum atomic E-state index is -0.646. The maximum Gasteiger partial charge on any atom is 0.267 e. The molecule has 3 heterocycles. The average Bonchev–Trinajstić information content (AvgIpc) is 2.72. The van der Waals surface area contributed by atoms with Crippen LogP contribution in [0.2, 0.25) is 0 Å². The van der Waals surface area contributed by atoms with Gasteiger partial charge in [-0.25, -0.2) is 13.8 Å². The lowest BCUT2D eigenvalue weighted by Crippen LogP contribution is -2.41. The highest BCUT2D eigenvalue weighted by atomic mass is 19.1. The van der Waals surface area contributed by atoms with E-state index in [1.807, 2.05) is 0 Å². The third-order valence-corrected chi connectivity index (χ3v) is 7.62. The minimum absolute atomic E-state index is 0.109. The average molecular weight is 442 g/mol. The second-order valence-corrected chi connectivity index (χ2v) is 9.43. The van der Waals surface area contributed by atoms with E-state index in [4.69, 9.17) is 10.5 Å². The Morgan fingerprint density at radius 3 is 2.72 bits per heavy atom. The molecular formula is C25H29F2N3O2. The predicted molar refractivity (Wildman–Crippen MR) is 117 cm³/mol. The first-order chi connectivity index (χ1) is 15.4. The van der Waals surface area contributed by atoms with Crippen LogP contribution in [0.25, 0.3) is 11.1 Å². The van der Waals surface area contributed by atoms with Crippen LogP contribution in [0.4, 0.5) is 8.78 Å². The summed E-state index contributed by atoms with van der Waals surface area (Å²) < 4.78 is 34.8. The van der Waals surface area contributed by atoms with Gasteiger partial charge in [-0.3, -0.25) is 4.79 Å². The number of amides is 1. The third kappa shape index (κ3) is 3.71. The van der Waals surface area contributed by atoms with Crippen molar-refractivity contribution in [2.24, 2.45) is 17.6 Å². The van der Waals surface area contributed by atoms with Crippen molar-refractivity contribution in [2.75, 3.05) is 13.2 Å². The lowest BCUT2D eigenvalue weighted by Gasteiger charge is -2.43. The molecule has 0 spiro atoms. The molecule has 170 valence electrons. The number of rotatable bonds is 4. The molecule has 1 aliphatic carbocycles. The highest BCUT2D eigenvalue weighted by Crippen LogP contribution is 2.46. The van der Waals surface area contributed by atoms with Crippen LogP contribution < -0.4 is 11.1 Å². The van der Waals surface area contributed by atoms with E-state index in [9.17, 15) is 13.6 Å². The van der Waals surface area contributed by atoms with Gasteiger partial charge in [-0.15, -0.1) is 0 Å². The molecule has 0 bridgehead atoms. The summed E-state index contributed by atoms with van der Waals surface area (Å²) >= 11 is 0. The number of nitrogens with zero attached hydrogens (tertiary/aromatic N) is 1. The first-order valence-corrected chi connectivity index (χ1v) is 11.5. The molecule has 7 heteroatoms. The van der Waals surface area contributed by atoms with Crippen molar-refractivity contribution in [3.05, 3.63) is 52.3 Å². The van der Waals surface area contributed by atoms with Crippen LogP contribution in [0.1, 0.15) is 65.3 Å². The standard InChI is InChI=1S/C25H29F2N3O2/c1-13-22(17-6-5-16(26)10-19(17)27)23-18(11-29-12-20(23)30-24(13)25(28)31)15-7-8-32-21(9-15)14-3-2-4-14/h5-6,10,14-15,18,21,29H,2-4,7-9,11-12H2,1H3,(H2,28,31). The number of primary amides is 1. The number of halogens is 2. The van der Waals surface area contributed by atoms with E-state index < -0.39 is 17.5 Å². The fraction of sp³-hybridized carbons (Fsp3) is 0.520. The zero-order valence-electron chi connectivity index (χ0n) is 18.3. The number of carbonyl (C=O) groups excluding carboxylic acids is 1. The molecule has 32 heavy (non-hydrogen) atoms. The van der Waals surface area contributed by atoms with Gasteiger partial charge in [0.25, 0.3) is 5.91 Å². The molecule has 1 saturated carbocycles. The van der Waals surface area contributed by atoms with E-state index in [-0.39, 0.29) is 17.7 Å². The zero-order chi connectivity index (χ0) is 22.4. The molecule has 1 saturated heterocycles. The molecule has 5 nitrogen and oxygen atoms in total. The van der Waals surface area contributed by atoms with Crippen LogP contribution in [0.5, 0.6) is 0 Å². The number of pyridine rings is 1. The number of benzene rings is 1. The van der Waals surface area contributed by atoms with Crippen molar-refractivity contribution in [1.82, 2.24) is 10.3 Å². The van der Waals surface area contributed by atoms with Crippen LogP contribution in [-0.4, -0.2) is 30.1 Å². The van der Waals surface area contributed by atoms with Crippen LogP contribution in [0.15, 0.2) is 18.2 Å². The van der Waals surface area contributed by atoms with Gasteiger partial charge >= 0.3 is 0 Å². The van der Waals surface area contributed by atoms with Crippen molar-refractivity contribution < 1.29 is 18.3 Å². The van der Waals surface area contributed by atoms with Gasteiger partial charge in [-0.05, 0) is 73.3 Å². The monoisotopic (exact) mass is 441 g/mol. The van der Waals surface area contributed by atoms with Crippen LogP contribution in [0.3, 0.4) is 0 Å². The summed E-state index contributed by atoms with van der Waals surface area (Å²) in [5.74, 6) is -0.810. The number of hydrogen-bond donors (Lipinski definition) is 2. The molecule has 0 radical (unpaired) electrons. The van der Waals surface area contributed by atoms with Crippen molar-refractivity contribution in [2.45, 2.75) is 57.6 Å². The van der Waals surface area contributed by atoms with Gasteiger partial charge < -0.3 is 15.8 Å². The van der Waals surface area contributed by atoms with E-state index in [0.717, 1.165) is 43.3 Å². The Kier molecular flexibility index (Phi) is 5.72. The van der Waals surface area contributed by atoms with E-state index in [1.54, 1.807) is 6.92 Å². The molecule has 3 unspecified atom stereocenters. The van der Waals surface area contributed by atoms with Gasteiger partial charge in [0, 0.05) is 37.2 Å². The highest BCUT2D eigenvalue weighted by Gasteiger charge is 2.39. The van der Waals surface area contributed by atoms with Crippen molar-refractivity contribution in [3.8, 4) is 11.1 Å². The number of aromatic nitrogens is 1. The fourth-order valence-electron chi connectivity index (χ4n) is 5.77. The Bertz CT molecular complexity index is 1050. The Morgan fingerprint density at radius 2 is 2.03 bits per heavy atom. The fourth-order valence-corrected chi connectivity index (χ4v) is 5.77. The van der Waals surface area contributed by atoms with Crippen LogP contribution in [0, 0.1) is 30.4 Å². The molecule has 3 N–H and O–H groups in total. The molecule has 1 aromatic carbocycles. The van der Waals surface area contributed by atoms with Gasteiger partial charge in [0.15, 0.2) is 0 Å². The molecule has 2 aliphatic heterocycles. The topological polar surface area (TPSA) is 77.2 Å². The third-order valence-electron chi connectivity index (χ3n) is 7.62. The highest BCUT2D eigenvalue weighted by molar-refractivity contribution is 5.95. The number of carbonyl (C=O) groups is 1. The zero-order valence-corrected chi connectivity index (χ0v) is 18.3. The summed E-state index contributed by atoms with van der Waals surface area (Å²) in [5.41, 5.74) is 8.94. The van der Waals surface area contributed by atoms with Crippen molar-refractivity contribution in [3.63, 3.8) is 0 Å². The van der Waals surface area contributed by atoms with Crippen LogP contribution in [-0.2, 0) is 11.3 Å². The first-order valence-electron chi connectivity index (χ1n) is 11.5. The van der Waals surface area contributed by atoms with Gasteiger partial charge in [0.05, 0.1) is 11.8 Å². The molecule has 1 aromatic heterocycles. The largest absolute Gasteiger partial charge is 0.378 e. The summed E-state index contributed by atoms with van der Waals surface area (Å²) in [6, 6.07) is 3.60. The Hall–Kier alpha value is -2.38. The van der Waals surface area contributed by atoms with Crippen molar-refractivity contribution >= 4 is 5.91 Å². The van der Waals surface area contributed by atoms with E-state index in [0.29, 0.717) is 35.1 Å². The van der Waals surface area contributed by atoms with Gasteiger partial charge in [0.2, 0.25) is 0 Å². The number of ether oxygens (including phenoxy) is 1. The number of nitrogens with two attached hydrogens (primary N) is 1. The van der Waals surface area contributed by atoms with Gasteiger partial charge in [-0.2, -0.15) is 0 Å². The van der Waals surface area contributed by atoms with Crippen molar-refractivity contribution in [1.29, 1.82) is 0 Å². The second kappa shape index (κ2) is 8.52.